The highest BCUT2D eigenvalue weighted by Crippen LogP contribution is 2.43. The lowest BCUT2D eigenvalue weighted by Gasteiger charge is -2.25. The van der Waals surface area contributed by atoms with Crippen molar-refractivity contribution < 1.29 is 14.7 Å². The van der Waals surface area contributed by atoms with E-state index in [4.69, 9.17) is 5.11 Å². The Balaban J connectivity index is 1.76. The molecular weight excluding hydrogens is 238 g/mol. The highest BCUT2D eigenvalue weighted by Gasteiger charge is 2.52. The Labute approximate surface area is 105 Å². The molecule has 3 heterocycles. The number of carboxylic acids is 1. The van der Waals surface area contributed by atoms with Crippen molar-refractivity contribution in [2.75, 3.05) is 11.5 Å². The zero-order valence-corrected chi connectivity index (χ0v) is 10.5. The summed E-state index contributed by atoms with van der Waals surface area (Å²) in [5.41, 5.74) is 0. The summed E-state index contributed by atoms with van der Waals surface area (Å²) in [5.74, 6) is 1.33. The summed E-state index contributed by atoms with van der Waals surface area (Å²) in [5, 5.41) is 9.16. The topological polar surface area (TPSA) is 57.6 Å². The minimum Gasteiger partial charge on any atom is -0.481 e. The van der Waals surface area contributed by atoms with Gasteiger partial charge < -0.3 is 10.0 Å². The summed E-state index contributed by atoms with van der Waals surface area (Å²) in [7, 11) is 0. The zero-order chi connectivity index (χ0) is 12.0. The van der Waals surface area contributed by atoms with Gasteiger partial charge in [0.1, 0.15) is 0 Å². The summed E-state index contributed by atoms with van der Waals surface area (Å²) in [4.78, 5) is 25.5. The molecule has 1 amide bonds. The molecule has 0 aromatic carbocycles. The molecule has 3 aliphatic rings. The molecule has 3 aliphatic heterocycles. The fraction of sp³-hybridized carbons (Fsp3) is 0.833. The molecule has 0 aromatic heterocycles. The van der Waals surface area contributed by atoms with Crippen LogP contribution in [0.15, 0.2) is 0 Å². The average molecular weight is 255 g/mol. The van der Waals surface area contributed by atoms with E-state index in [0.29, 0.717) is 6.42 Å². The van der Waals surface area contributed by atoms with Crippen molar-refractivity contribution in [3.8, 4) is 0 Å². The standard InChI is InChI=1S/C12H17NO3S/c14-11(7-3-4-17-6-7)13-8-1-2-10(13)9(5-8)12(15)16/h7-10H,1-6H2,(H,15,16). The van der Waals surface area contributed by atoms with Gasteiger partial charge in [0, 0.05) is 23.8 Å². The van der Waals surface area contributed by atoms with Gasteiger partial charge >= 0.3 is 5.97 Å². The van der Waals surface area contributed by atoms with Crippen molar-refractivity contribution in [1.82, 2.24) is 4.90 Å². The molecule has 3 rings (SSSR count). The average Bonchev–Trinajstić information content (AvgIpc) is 3.03. The predicted octanol–water partition coefficient (Wildman–Crippen LogP) is 1.20. The number of thioether (sulfide) groups is 1. The van der Waals surface area contributed by atoms with Crippen LogP contribution >= 0.6 is 11.8 Å². The maximum absolute atomic E-state index is 12.4. The summed E-state index contributed by atoms with van der Waals surface area (Å²) >= 11 is 1.84. The molecule has 0 aromatic rings. The maximum Gasteiger partial charge on any atom is 0.308 e. The van der Waals surface area contributed by atoms with E-state index < -0.39 is 5.97 Å². The zero-order valence-electron chi connectivity index (χ0n) is 9.67. The van der Waals surface area contributed by atoms with E-state index in [9.17, 15) is 9.59 Å². The molecule has 1 N–H and O–H groups in total. The summed E-state index contributed by atoms with van der Waals surface area (Å²) in [6, 6.07) is 0.190. The molecule has 0 spiro atoms. The molecule has 2 bridgehead atoms. The quantitative estimate of drug-likeness (QED) is 0.805. The number of fused-ring (bicyclic) bond motifs is 2. The first kappa shape index (κ1) is 11.4. The first-order chi connectivity index (χ1) is 8.18. The molecule has 0 saturated carbocycles. The third kappa shape index (κ3) is 1.75. The van der Waals surface area contributed by atoms with E-state index in [0.717, 1.165) is 30.8 Å². The van der Waals surface area contributed by atoms with E-state index in [1.165, 1.54) is 0 Å². The smallest absolute Gasteiger partial charge is 0.308 e. The van der Waals surface area contributed by atoms with Crippen LogP contribution in [0.25, 0.3) is 0 Å². The van der Waals surface area contributed by atoms with Gasteiger partial charge in [0.15, 0.2) is 0 Å². The van der Waals surface area contributed by atoms with E-state index in [1.54, 1.807) is 0 Å². The predicted molar refractivity (Wildman–Crippen MR) is 64.8 cm³/mol. The SMILES string of the molecule is O=C(O)C1CC2CCC1N2C(=O)C1CCSC1. The normalized spacial score (nSPS) is 39.9. The van der Waals surface area contributed by atoms with Crippen LogP contribution in [-0.4, -0.2) is 45.5 Å². The summed E-state index contributed by atoms with van der Waals surface area (Å²) < 4.78 is 0. The van der Waals surface area contributed by atoms with Crippen molar-refractivity contribution >= 4 is 23.6 Å². The van der Waals surface area contributed by atoms with Crippen LogP contribution in [0.3, 0.4) is 0 Å². The Kier molecular flexibility index (Phi) is 2.81. The number of rotatable bonds is 2. The van der Waals surface area contributed by atoms with Crippen molar-refractivity contribution in [2.24, 2.45) is 11.8 Å². The lowest BCUT2D eigenvalue weighted by Crippen LogP contribution is -2.41. The maximum atomic E-state index is 12.4. The Bertz CT molecular complexity index is 354. The van der Waals surface area contributed by atoms with Crippen LogP contribution in [0.5, 0.6) is 0 Å². The van der Waals surface area contributed by atoms with Crippen LogP contribution < -0.4 is 0 Å². The van der Waals surface area contributed by atoms with Crippen LogP contribution in [0.4, 0.5) is 0 Å². The monoisotopic (exact) mass is 255 g/mol. The summed E-state index contributed by atoms with van der Waals surface area (Å²) in [6.45, 7) is 0. The lowest BCUT2D eigenvalue weighted by atomic mass is 9.89. The van der Waals surface area contributed by atoms with Crippen LogP contribution in [0, 0.1) is 11.8 Å². The number of aliphatic carboxylic acids is 1. The minimum atomic E-state index is -0.726. The largest absolute Gasteiger partial charge is 0.481 e. The first-order valence-electron chi connectivity index (χ1n) is 6.31. The van der Waals surface area contributed by atoms with Gasteiger partial charge in [-0.15, -0.1) is 0 Å². The van der Waals surface area contributed by atoms with E-state index in [2.05, 4.69) is 0 Å². The van der Waals surface area contributed by atoms with Gasteiger partial charge in [-0.3, -0.25) is 9.59 Å². The van der Waals surface area contributed by atoms with Crippen LogP contribution in [-0.2, 0) is 9.59 Å². The molecule has 4 nitrogen and oxygen atoms in total. The van der Waals surface area contributed by atoms with E-state index in [1.807, 2.05) is 16.7 Å². The third-order valence-electron chi connectivity index (χ3n) is 4.39. The molecule has 94 valence electrons. The van der Waals surface area contributed by atoms with Gasteiger partial charge in [-0.05, 0) is 31.4 Å². The molecule has 0 aliphatic carbocycles. The Morgan fingerprint density at radius 3 is 2.65 bits per heavy atom. The second-order valence-corrected chi connectivity index (χ2v) is 6.43. The van der Waals surface area contributed by atoms with E-state index >= 15 is 0 Å². The number of amides is 1. The fourth-order valence-corrected chi connectivity index (χ4v) is 4.75. The molecule has 0 radical (unpaired) electrons. The van der Waals surface area contributed by atoms with Gasteiger partial charge in [0.2, 0.25) is 5.91 Å². The number of hydrogen-bond donors (Lipinski definition) is 1. The van der Waals surface area contributed by atoms with Crippen LogP contribution in [0.2, 0.25) is 0 Å². The Hall–Kier alpha value is -0.710. The van der Waals surface area contributed by atoms with Gasteiger partial charge in [-0.25, -0.2) is 0 Å². The number of carbonyl (C=O) groups excluding carboxylic acids is 1. The van der Waals surface area contributed by atoms with E-state index in [-0.39, 0.29) is 29.8 Å². The fourth-order valence-electron chi connectivity index (χ4n) is 3.54. The second kappa shape index (κ2) is 4.19. The number of carboxylic acid groups (broad SMARTS) is 1. The van der Waals surface area contributed by atoms with Crippen molar-refractivity contribution in [3.05, 3.63) is 0 Å². The molecule has 4 atom stereocenters. The molecule has 3 saturated heterocycles. The number of carbonyl (C=O) groups is 2. The molecular formula is C12H17NO3S. The first-order valence-corrected chi connectivity index (χ1v) is 7.46. The second-order valence-electron chi connectivity index (χ2n) is 5.28. The van der Waals surface area contributed by atoms with Gasteiger partial charge in [0.05, 0.1) is 5.92 Å². The van der Waals surface area contributed by atoms with Gasteiger partial charge in [-0.2, -0.15) is 11.8 Å². The summed E-state index contributed by atoms with van der Waals surface area (Å²) in [6.07, 6.45) is 3.52. The number of hydrogen-bond acceptors (Lipinski definition) is 3. The Morgan fingerprint density at radius 2 is 2.06 bits per heavy atom. The van der Waals surface area contributed by atoms with Crippen molar-refractivity contribution in [1.29, 1.82) is 0 Å². The number of nitrogens with zero attached hydrogens (tertiary/aromatic N) is 1. The van der Waals surface area contributed by atoms with Crippen molar-refractivity contribution in [2.45, 2.75) is 37.8 Å². The lowest BCUT2D eigenvalue weighted by molar-refractivity contribution is -0.143. The molecule has 17 heavy (non-hydrogen) atoms. The third-order valence-corrected chi connectivity index (χ3v) is 5.55. The van der Waals surface area contributed by atoms with Gasteiger partial charge in [-0.1, -0.05) is 0 Å². The molecule has 3 fully saturated rings. The highest BCUT2D eigenvalue weighted by atomic mass is 32.2. The minimum absolute atomic E-state index is 0.0180. The molecule has 5 heteroatoms. The Morgan fingerprint density at radius 1 is 1.24 bits per heavy atom. The highest BCUT2D eigenvalue weighted by molar-refractivity contribution is 7.99. The molecule has 4 unspecified atom stereocenters. The van der Waals surface area contributed by atoms with Gasteiger partial charge in [0.25, 0.3) is 0 Å². The van der Waals surface area contributed by atoms with Crippen molar-refractivity contribution in [3.63, 3.8) is 0 Å². The van der Waals surface area contributed by atoms with Crippen LogP contribution in [0.1, 0.15) is 25.7 Å².